The molecule has 2 aliphatic rings. The molecule has 4 rings (SSSR count). The lowest BCUT2D eigenvalue weighted by Crippen LogP contribution is -2.48. The van der Waals surface area contributed by atoms with Gasteiger partial charge in [0.1, 0.15) is 5.75 Å². The molecular formula is C24H33N3O5S2. The average Bonchev–Trinajstić information content (AvgIpc) is 2.83. The molecule has 0 aromatic heterocycles. The predicted octanol–water partition coefficient (Wildman–Crippen LogP) is 2.94. The summed E-state index contributed by atoms with van der Waals surface area (Å²) in [6, 6.07) is 11.9. The number of ether oxygens (including phenoxy) is 1. The lowest BCUT2D eigenvalue weighted by Gasteiger charge is -2.36. The molecule has 0 saturated carbocycles. The maximum absolute atomic E-state index is 13.3. The monoisotopic (exact) mass is 507 g/mol. The molecule has 2 fully saturated rings. The lowest BCUT2D eigenvalue weighted by atomic mass is 10.0. The Morgan fingerprint density at radius 2 is 1.53 bits per heavy atom. The Bertz CT molecular complexity index is 1240. The molecule has 2 saturated heterocycles. The van der Waals surface area contributed by atoms with E-state index in [4.69, 9.17) is 4.74 Å². The zero-order chi connectivity index (χ0) is 24.5. The summed E-state index contributed by atoms with van der Waals surface area (Å²) < 4.78 is 61.4. The minimum Gasteiger partial charge on any atom is -0.495 e. The number of nitrogens with zero attached hydrogens (tertiary/aromatic N) is 3. The summed E-state index contributed by atoms with van der Waals surface area (Å²) in [6.45, 7) is 6.49. The van der Waals surface area contributed by atoms with Crippen LogP contribution in [0.25, 0.3) is 0 Å². The highest BCUT2D eigenvalue weighted by Gasteiger charge is 2.32. The smallest absolute Gasteiger partial charge is 0.243 e. The maximum Gasteiger partial charge on any atom is 0.243 e. The first-order valence-electron chi connectivity index (χ1n) is 11.6. The highest BCUT2D eigenvalue weighted by molar-refractivity contribution is 7.89. The summed E-state index contributed by atoms with van der Waals surface area (Å²) >= 11 is 0. The van der Waals surface area contributed by atoms with Gasteiger partial charge in [-0.05, 0) is 61.6 Å². The number of sulfonamides is 2. The molecule has 1 atom stereocenters. The summed E-state index contributed by atoms with van der Waals surface area (Å²) in [5.41, 5.74) is 1.56. The van der Waals surface area contributed by atoms with Gasteiger partial charge in [0.15, 0.2) is 0 Å². The second-order valence-corrected chi connectivity index (χ2v) is 13.0. The Labute approximate surface area is 203 Å². The summed E-state index contributed by atoms with van der Waals surface area (Å²) in [5, 5.41) is 0. The average molecular weight is 508 g/mol. The molecule has 186 valence electrons. The fourth-order valence-corrected chi connectivity index (χ4v) is 7.83. The van der Waals surface area contributed by atoms with Gasteiger partial charge in [-0.25, -0.2) is 16.8 Å². The van der Waals surface area contributed by atoms with Gasteiger partial charge >= 0.3 is 0 Å². The van der Waals surface area contributed by atoms with Crippen LogP contribution in [-0.4, -0.2) is 71.8 Å². The Morgan fingerprint density at radius 1 is 0.853 bits per heavy atom. The van der Waals surface area contributed by atoms with Crippen molar-refractivity contribution in [2.24, 2.45) is 5.92 Å². The summed E-state index contributed by atoms with van der Waals surface area (Å²) in [4.78, 5) is 2.54. The van der Waals surface area contributed by atoms with E-state index >= 15 is 0 Å². The van der Waals surface area contributed by atoms with Crippen LogP contribution in [-0.2, 0) is 20.0 Å². The minimum atomic E-state index is -3.61. The highest BCUT2D eigenvalue weighted by atomic mass is 32.2. The molecule has 0 bridgehead atoms. The normalized spacial score (nSPS) is 20.9. The van der Waals surface area contributed by atoms with E-state index in [2.05, 4.69) is 6.92 Å². The van der Waals surface area contributed by atoms with Crippen molar-refractivity contribution in [3.8, 4) is 5.75 Å². The molecule has 0 spiro atoms. The first kappa shape index (κ1) is 25.0. The molecule has 10 heteroatoms. The third-order valence-corrected chi connectivity index (χ3v) is 10.4. The highest BCUT2D eigenvalue weighted by Crippen LogP contribution is 2.34. The van der Waals surface area contributed by atoms with E-state index in [9.17, 15) is 16.8 Å². The molecule has 0 radical (unpaired) electrons. The van der Waals surface area contributed by atoms with Crippen molar-refractivity contribution in [3.63, 3.8) is 0 Å². The molecule has 0 N–H and O–H groups in total. The summed E-state index contributed by atoms with van der Waals surface area (Å²) in [6.07, 6.45) is 1.90. The van der Waals surface area contributed by atoms with Crippen molar-refractivity contribution in [2.45, 2.75) is 36.5 Å². The molecule has 0 amide bonds. The quantitative estimate of drug-likeness (QED) is 0.598. The van der Waals surface area contributed by atoms with Gasteiger partial charge in [-0.1, -0.05) is 19.1 Å². The lowest BCUT2D eigenvalue weighted by molar-refractivity contribution is 0.281. The van der Waals surface area contributed by atoms with E-state index in [0.717, 1.165) is 18.4 Å². The zero-order valence-corrected chi connectivity index (χ0v) is 21.6. The number of anilines is 1. The second-order valence-electron chi connectivity index (χ2n) is 9.15. The van der Waals surface area contributed by atoms with Gasteiger partial charge < -0.3 is 9.64 Å². The number of hydrogen-bond donors (Lipinski definition) is 0. The molecule has 2 aromatic rings. The van der Waals surface area contributed by atoms with Crippen LogP contribution < -0.4 is 9.64 Å². The van der Waals surface area contributed by atoms with E-state index < -0.39 is 20.0 Å². The summed E-state index contributed by atoms with van der Waals surface area (Å²) in [7, 11) is -5.64. The van der Waals surface area contributed by atoms with Crippen molar-refractivity contribution in [1.82, 2.24) is 8.61 Å². The number of benzene rings is 2. The molecule has 2 aromatic carbocycles. The second kappa shape index (κ2) is 9.85. The Morgan fingerprint density at radius 3 is 2.18 bits per heavy atom. The van der Waals surface area contributed by atoms with Crippen LogP contribution >= 0.6 is 0 Å². The van der Waals surface area contributed by atoms with Gasteiger partial charge in [0.25, 0.3) is 0 Å². The first-order valence-corrected chi connectivity index (χ1v) is 14.5. The van der Waals surface area contributed by atoms with E-state index in [1.165, 1.54) is 4.31 Å². The van der Waals surface area contributed by atoms with E-state index in [-0.39, 0.29) is 4.90 Å². The standard InChI is InChI=1S/C24H33N3O5S2/c1-19-6-4-8-21(16-19)33(28,29)26-14-12-25(13-15-26)23-17-22(9-10-24(23)32-3)34(30,31)27-11-5-7-20(2)18-27/h4,6,8-10,16-17,20H,5,7,11-15,18H2,1-3H3/t20-/m0/s1. The largest absolute Gasteiger partial charge is 0.495 e. The molecule has 0 aliphatic carbocycles. The Balaban J connectivity index is 1.55. The number of hydrogen-bond acceptors (Lipinski definition) is 6. The third kappa shape index (κ3) is 4.95. The molecule has 8 nitrogen and oxygen atoms in total. The van der Waals surface area contributed by atoms with Gasteiger partial charge in [-0.2, -0.15) is 8.61 Å². The van der Waals surface area contributed by atoms with Gasteiger partial charge in [0.05, 0.1) is 22.6 Å². The Hall–Kier alpha value is -2.14. The fourth-order valence-electron chi connectivity index (χ4n) is 4.69. The minimum absolute atomic E-state index is 0.243. The van der Waals surface area contributed by atoms with Gasteiger partial charge in [0, 0.05) is 39.3 Å². The Kier molecular flexibility index (Phi) is 7.23. The number of methoxy groups -OCH3 is 1. The third-order valence-electron chi connectivity index (χ3n) is 6.61. The van der Waals surface area contributed by atoms with Crippen LogP contribution in [0.5, 0.6) is 5.75 Å². The number of rotatable bonds is 6. The molecule has 2 aliphatic heterocycles. The number of aryl methyl sites for hydroxylation is 1. The van der Waals surface area contributed by atoms with Crippen LogP contribution in [0.2, 0.25) is 0 Å². The maximum atomic E-state index is 13.3. The molecular weight excluding hydrogens is 474 g/mol. The molecule has 34 heavy (non-hydrogen) atoms. The van der Waals surface area contributed by atoms with Crippen LogP contribution in [0.15, 0.2) is 52.3 Å². The fraction of sp³-hybridized carbons (Fsp3) is 0.500. The predicted molar refractivity (Wildman–Crippen MR) is 132 cm³/mol. The van der Waals surface area contributed by atoms with E-state index in [1.807, 2.05) is 17.9 Å². The van der Waals surface area contributed by atoms with Gasteiger partial charge in [0.2, 0.25) is 20.0 Å². The summed E-state index contributed by atoms with van der Waals surface area (Å²) in [5.74, 6) is 0.908. The zero-order valence-electron chi connectivity index (χ0n) is 20.0. The van der Waals surface area contributed by atoms with Crippen molar-refractivity contribution >= 4 is 25.7 Å². The number of piperazine rings is 1. The van der Waals surface area contributed by atoms with Crippen molar-refractivity contribution in [1.29, 1.82) is 0 Å². The molecule has 0 unspecified atom stereocenters. The van der Waals surface area contributed by atoms with Crippen LogP contribution in [0.3, 0.4) is 0 Å². The van der Waals surface area contributed by atoms with E-state index in [0.29, 0.717) is 61.5 Å². The topological polar surface area (TPSA) is 87.2 Å². The van der Waals surface area contributed by atoms with Crippen LogP contribution in [0.4, 0.5) is 5.69 Å². The molecule has 2 heterocycles. The van der Waals surface area contributed by atoms with Crippen molar-refractivity contribution < 1.29 is 21.6 Å². The van der Waals surface area contributed by atoms with E-state index in [1.54, 1.807) is 47.8 Å². The van der Waals surface area contributed by atoms with Gasteiger partial charge in [-0.15, -0.1) is 0 Å². The van der Waals surface area contributed by atoms with Crippen molar-refractivity contribution in [2.75, 3.05) is 51.3 Å². The first-order chi connectivity index (χ1) is 16.1. The number of piperidine rings is 1. The van der Waals surface area contributed by atoms with Crippen molar-refractivity contribution in [3.05, 3.63) is 48.0 Å². The SMILES string of the molecule is COc1ccc(S(=O)(=O)N2CCC[C@H](C)C2)cc1N1CCN(S(=O)(=O)c2cccc(C)c2)CC1. The van der Waals surface area contributed by atoms with Crippen LogP contribution in [0, 0.1) is 12.8 Å². The van der Waals surface area contributed by atoms with Crippen LogP contribution in [0.1, 0.15) is 25.3 Å². The van der Waals surface area contributed by atoms with Gasteiger partial charge in [-0.3, -0.25) is 0 Å².